The van der Waals surface area contributed by atoms with E-state index in [0.717, 1.165) is 52.7 Å². The first-order valence-corrected chi connectivity index (χ1v) is 21.9. The molecule has 8 rings (SSSR count). The van der Waals surface area contributed by atoms with Gasteiger partial charge in [0.05, 0.1) is 23.1 Å². The molecule has 0 aliphatic carbocycles. The average molecular weight is 848 g/mol. The molecule has 3 saturated heterocycles. The summed E-state index contributed by atoms with van der Waals surface area (Å²) in [4.78, 5) is 85.7. The van der Waals surface area contributed by atoms with Crippen molar-refractivity contribution in [3.05, 3.63) is 78.0 Å². The van der Waals surface area contributed by atoms with Crippen LogP contribution >= 0.6 is 0 Å². The molecule has 4 N–H and O–H groups in total. The van der Waals surface area contributed by atoms with Gasteiger partial charge < -0.3 is 40.2 Å². The number of piperidine rings is 2. The van der Waals surface area contributed by atoms with Crippen LogP contribution in [0.5, 0.6) is 0 Å². The van der Waals surface area contributed by atoms with Gasteiger partial charge in [0.25, 0.3) is 0 Å². The largest absolute Gasteiger partial charge is 0.481 e. The van der Waals surface area contributed by atoms with Crippen LogP contribution in [0.3, 0.4) is 0 Å². The number of aromatic nitrogens is 4. The molecule has 328 valence electrons. The van der Waals surface area contributed by atoms with Crippen LogP contribution in [-0.2, 0) is 32.0 Å². The number of aryl methyl sites for hydroxylation is 1. The Morgan fingerprint density at radius 3 is 2.31 bits per heavy atom. The number of pyridine rings is 2. The van der Waals surface area contributed by atoms with Crippen molar-refractivity contribution in [3.8, 4) is 0 Å². The van der Waals surface area contributed by atoms with Crippen molar-refractivity contribution in [2.45, 2.75) is 89.4 Å². The van der Waals surface area contributed by atoms with Crippen LogP contribution in [0, 0.1) is 12.8 Å². The first kappa shape index (κ1) is 42.4. The third-order valence-corrected chi connectivity index (χ3v) is 13.2. The summed E-state index contributed by atoms with van der Waals surface area (Å²) in [6, 6.07) is 10.4. The van der Waals surface area contributed by atoms with Gasteiger partial charge in [0.1, 0.15) is 18.5 Å². The number of amides is 5. The predicted molar refractivity (Wildman–Crippen MR) is 232 cm³/mol. The lowest BCUT2D eigenvalue weighted by Gasteiger charge is -2.40. The maximum atomic E-state index is 14.7. The third kappa shape index (κ3) is 9.61. The van der Waals surface area contributed by atoms with Crippen LogP contribution in [0.25, 0.3) is 10.9 Å². The van der Waals surface area contributed by atoms with E-state index in [1.165, 1.54) is 5.69 Å². The molecule has 1 aromatic carbocycles. The van der Waals surface area contributed by atoms with E-state index in [9.17, 15) is 24.0 Å². The Hall–Kier alpha value is -6.26. The summed E-state index contributed by atoms with van der Waals surface area (Å²) in [5.41, 5.74) is 6.01. The minimum atomic E-state index is -1.17. The number of aromatic amines is 1. The van der Waals surface area contributed by atoms with Crippen LogP contribution in [0.2, 0.25) is 0 Å². The molecule has 4 aromatic rings. The molecule has 0 spiro atoms. The molecule has 3 fully saturated rings. The highest BCUT2D eigenvalue weighted by Crippen LogP contribution is 2.35. The minimum Gasteiger partial charge on any atom is -0.481 e. The molecule has 0 bridgehead atoms. The summed E-state index contributed by atoms with van der Waals surface area (Å²) in [6.45, 7) is 8.18. The second-order valence-electron chi connectivity index (χ2n) is 17.3. The van der Waals surface area contributed by atoms with Crippen molar-refractivity contribution in [1.82, 2.24) is 45.5 Å². The maximum Gasteiger partial charge on any atom is 0.318 e. The molecular weight excluding hydrogens is 791 g/mol. The summed E-state index contributed by atoms with van der Waals surface area (Å²) in [5, 5.41) is 23.5. The molecule has 4 aliphatic heterocycles. The van der Waals surface area contributed by atoms with E-state index >= 15 is 0 Å². The summed E-state index contributed by atoms with van der Waals surface area (Å²) >= 11 is 0. The smallest absolute Gasteiger partial charge is 0.318 e. The first-order chi connectivity index (χ1) is 30.0. The highest BCUT2D eigenvalue weighted by Gasteiger charge is 2.38. The summed E-state index contributed by atoms with van der Waals surface area (Å²) in [5.74, 6) is -2.23. The number of nitrogens with zero attached hydrogens (tertiary/aromatic N) is 8. The van der Waals surface area contributed by atoms with Crippen molar-refractivity contribution in [2.75, 3.05) is 62.2 Å². The molecule has 17 heteroatoms. The van der Waals surface area contributed by atoms with Crippen LogP contribution < -0.4 is 20.4 Å². The van der Waals surface area contributed by atoms with Gasteiger partial charge in [-0.1, -0.05) is 6.07 Å². The molecule has 0 saturated carbocycles. The lowest BCUT2D eigenvalue weighted by Crippen LogP contribution is -2.59. The number of piperazine rings is 1. The topological polar surface area (TPSA) is 200 Å². The van der Waals surface area contributed by atoms with Crippen molar-refractivity contribution in [2.24, 2.45) is 5.92 Å². The van der Waals surface area contributed by atoms with E-state index in [-0.39, 0.29) is 30.3 Å². The zero-order valence-corrected chi connectivity index (χ0v) is 35.5. The summed E-state index contributed by atoms with van der Waals surface area (Å²) < 4.78 is 0. The van der Waals surface area contributed by atoms with Crippen molar-refractivity contribution >= 4 is 52.0 Å². The minimum absolute atomic E-state index is 0.00204. The third-order valence-electron chi connectivity index (χ3n) is 13.2. The van der Waals surface area contributed by atoms with E-state index in [4.69, 9.17) is 5.11 Å². The second-order valence-corrected chi connectivity index (χ2v) is 17.3. The number of benzene rings is 1. The Morgan fingerprint density at radius 2 is 1.58 bits per heavy atom. The lowest BCUT2D eigenvalue weighted by atomic mass is 9.89. The number of nitrogens with one attached hydrogen (secondary N) is 3. The number of carboxylic acid groups (broad SMARTS) is 1. The highest BCUT2D eigenvalue weighted by atomic mass is 16.4. The highest BCUT2D eigenvalue weighted by molar-refractivity contribution is 5.94. The lowest BCUT2D eigenvalue weighted by molar-refractivity contribution is -0.145. The Labute approximate surface area is 361 Å². The number of carbonyl (C=O) groups is 5. The quantitative estimate of drug-likeness (QED) is 0.153. The van der Waals surface area contributed by atoms with E-state index in [2.05, 4.69) is 53.6 Å². The Morgan fingerprint density at radius 1 is 0.855 bits per heavy atom. The van der Waals surface area contributed by atoms with Gasteiger partial charge in [0.2, 0.25) is 17.7 Å². The van der Waals surface area contributed by atoms with Crippen molar-refractivity contribution in [1.29, 1.82) is 0 Å². The Bertz CT molecular complexity index is 2250. The number of fused-ring (bicyclic) bond motifs is 2. The van der Waals surface area contributed by atoms with Gasteiger partial charge in [-0.2, -0.15) is 5.10 Å². The molecule has 5 amide bonds. The fourth-order valence-electron chi connectivity index (χ4n) is 9.90. The van der Waals surface area contributed by atoms with Gasteiger partial charge in [-0.05, 0) is 93.3 Å². The van der Waals surface area contributed by atoms with Gasteiger partial charge >= 0.3 is 12.0 Å². The number of anilines is 2. The summed E-state index contributed by atoms with van der Waals surface area (Å²) in [7, 11) is 0. The van der Waals surface area contributed by atoms with Gasteiger partial charge in [0.15, 0.2) is 0 Å². The number of likely N-dealkylation sites (tertiary alicyclic amines) is 2. The first-order valence-electron chi connectivity index (χ1n) is 21.9. The molecule has 7 heterocycles. The van der Waals surface area contributed by atoms with E-state index in [0.29, 0.717) is 77.7 Å². The van der Waals surface area contributed by atoms with Crippen LogP contribution in [-0.4, -0.2) is 146 Å². The number of aliphatic carboxylic acids is 1. The average Bonchev–Trinajstić information content (AvgIpc) is 3.90. The second kappa shape index (κ2) is 18.8. The van der Waals surface area contributed by atoms with Crippen LogP contribution in [0.4, 0.5) is 16.2 Å². The van der Waals surface area contributed by atoms with Crippen molar-refractivity contribution in [3.63, 3.8) is 0 Å². The fourth-order valence-corrected chi connectivity index (χ4v) is 9.90. The van der Waals surface area contributed by atoms with Crippen LogP contribution in [0.1, 0.15) is 62.3 Å². The fraction of sp³-hybridized carbons (Fsp3) is 0.511. The molecule has 4 aliphatic rings. The maximum absolute atomic E-state index is 14.7. The molecular formula is C45H57N11O6. The molecule has 0 radical (unpaired) electrons. The number of carbonyl (C=O) groups excluding carboxylic acids is 4. The molecule has 3 atom stereocenters. The van der Waals surface area contributed by atoms with Gasteiger partial charge in [-0.3, -0.25) is 34.2 Å². The van der Waals surface area contributed by atoms with Crippen molar-refractivity contribution < 1.29 is 29.1 Å². The van der Waals surface area contributed by atoms with Gasteiger partial charge in [0, 0.05) is 107 Å². The Kier molecular flexibility index (Phi) is 12.9. The normalized spacial score (nSPS) is 19.6. The molecule has 1 unspecified atom stereocenters. The van der Waals surface area contributed by atoms with E-state index in [1.54, 1.807) is 33.3 Å². The van der Waals surface area contributed by atoms with E-state index < -0.39 is 36.3 Å². The number of hydrogen-bond acceptors (Lipinski definition) is 10. The zero-order valence-electron chi connectivity index (χ0n) is 35.5. The summed E-state index contributed by atoms with van der Waals surface area (Å²) in [6.07, 6.45) is 10.7. The number of urea groups is 1. The molecule has 62 heavy (non-hydrogen) atoms. The number of hydrogen-bond donors (Lipinski definition) is 4. The van der Waals surface area contributed by atoms with E-state index in [1.807, 2.05) is 43.5 Å². The number of carboxylic acids is 1. The monoisotopic (exact) mass is 847 g/mol. The van der Waals surface area contributed by atoms with Gasteiger partial charge in [-0.15, -0.1) is 0 Å². The van der Waals surface area contributed by atoms with Crippen LogP contribution in [0.15, 0.2) is 61.2 Å². The zero-order chi connectivity index (χ0) is 43.3. The predicted octanol–water partition coefficient (Wildman–Crippen LogP) is 3.13. The molecule has 17 nitrogen and oxygen atoms in total. The number of H-pyrrole nitrogens is 1. The molecule has 3 aromatic heterocycles. The standard InChI is InChI=1S/C45H57N11O6/c1-29-22-32(24-33-28-48-51-42(29)33)26-37(50-45(62)55-16-9-35(10-17-55)56-30(2)23-36-39(56)4-3-11-47-36)43(60)49-38(25-31-7-14-53(15-8-31)40(57)27-41(58)59)44(61)54-20-18-52(19-21-54)34-5-12-46-13-6-34/h3-6,11-13,22,24,28,30-31,35,37-38H,7-10,14-21,23,25-27H2,1-2H3,(H,48,51)(H,49,60)(H,50,62)(H,58,59)/t30?,37-,38+/m1/s1. The Balaban J connectivity index is 0.984. The number of rotatable bonds is 12. The van der Waals surface area contributed by atoms with Gasteiger partial charge in [-0.25, -0.2) is 4.79 Å². The SMILES string of the molecule is Cc1cc(C[C@@H](NC(=O)N2CCC(N3c4cccnc4CC3C)CC2)C(=O)N[C@@H](CC2CCN(C(=O)CC(=O)O)CC2)C(=O)N2CCN(c3ccncc3)CC2)cc2cn[nH]c12.